The van der Waals surface area contributed by atoms with E-state index in [4.69, 9.17) is 9.47 Å². The van der Waals surface area contributed by atoms with Crippen molar-refractivity contribution in [3.8, 4) is 17.2 Å². The number of rotatable bonds is 3. The van der Waals surface area contributed by atoms with Gasteiger partial charge in [-0.25, -0.2) is 0 Å². The van der Waals surface area contributed by atoms with Gasteiger partial charge in [0, 0.05) is 24.7 Å². The fourth-order valence-corrected chi connectivity index (χ4v) is 2.97. The second-order valence-corrected chi connectivity index (χ2v) is 5.49. The predicted octanol–water partition coefficient (Wildman–Crippen LogP) is 2.74. The maximum atomic E-state index is 10.1. The molecule has 0 bridgehead atoms. The van der Waals surface area contributed by atoms with Gasteiger partial charge in [-0.05, 0) is 31.4 Å². The van der Waals surface area contributed by atoms with E-state index in [1.807, 2.05) is 6.07 Å². The van der Waals surface area contributed by atoms with Gasteiger partial charge in [-0.15, -0.1) is 0 Å². The SMILES string of the molecule is CCC1CCCN(Cc2cc3c(cc2O)OCO3)C1. The van der Waals surface area contributed by atoms with Crippen LogP contribution in [0.1, 0.15) is 31.7 Å². The van der Waals surface area contributed by atoms with Gasteiger partial charge >= 0.3 is 0 Å². The van der Waals surface area contributed by atoms with Gasteiger partial charge in [-0.1, -0.05) is 13.3 Å². The molecule has 1 fully saturated rings. The molecule has 4 heteroatoms. The Hall–Kier alpha value is -1.42. The number of fused-ring (bicyclic) bond motifs is 1. The lowest BCUT2D eigenvalue weighted by molar-refractivity contribution is 0.163. The van der Waals surface area contributed by atoms with Crippen LogP contribution in [0.2, 0.25) is 0 Å². The van der Waals surface area contributed by atoms with Gasteiger partial charge in [-0.2, -0.15) is 0 Å². The van der Waals surface area contributed by atoms with Gasteiger partial charge < -0.3 is 14.6 Å². The number of phenolic OH excluding ortho intramolecular Hbond substituents is 1. The molecule has 1 saturated heterocycles. The minimum atomic E-state index is 0.250. The van der Waals surface area contributed by atoms with Crippen molar-refractivity contribution in [2.75, 3.05) is 19.9 Å². The van der Waals surface area contributed by atoms with Crippen LogP contribution in [-0.2, 0) is 6.54 Å². The van der Waals surface area contributed by atoms with E-state index < -0.39 is 0 Å². The van der Waals surface area contributed by atoms with Crippen molar-refractivity contribution in [2.45, 2.75) is 32.7 Å². The first-order valence-electron chi connectivity index (χ1n) is 7.10. The molecule has 4 nitrogen and oxygen atoms in total. The lowest BCUT2D eigenvalue weighted by Gasteiger charge is -2.32. The Morgan fingerprint density at radius 1 is 1.32 bits per heavy atom. The second-order valence-electron chi connectivity index (χ2n) is 5.49. The quantitative estimate of drug-likeness (QED) is 0.910. The van der Waals surface area contributed by atoms with Gasteiger partial charge in [0.05, 0.1) is 0 Å². The molecule has 2 aliphatic rings. The molecule has 104 valence electrons. The monoisotopic (exact) mass is 263 g/mol. The van der Waals surface area contributed by atoms with Crippen LogP contribution in [0.3, 0.4) is 0 Å². The first-order valence-corrected chi connectivity index (χ1v) is 7.10. The number of likely N-dealkylation sites (tertiary alicyclic amines) is 1. The summed E-state index contributed by atoms with van der Waals surface area (Å²) in [6.07, 6.45) is 3.83. The van der Waals surface area contributed by atoms with E-state index in [1.165, 1.54) is 19.3 Å². The Balaban J connectivity index is 1.72. The zero-order chi connectivity index (χ0) is 13.2. The molecule has 2 aliphatic heterocycles. The number of phenols is 1. The van der Waals surface area contributed by atoms with Crippen molar-refractivity contribution in [1.29, 1.82) is 0 Å². The minimum Gasteiger partial charge on any atom is -0.507 e. The summed E-state index contributed by atoms with van der Waals surface area (Å²) < 4.78 is 10.6. The van der Waals surface area contributed by atoms with Gasteiger partial charge in [-0.3, -0.25) is 4.90 Å². The van der Waals surface area contributed by atoms with Crippen LogP contribution in [0.4, 0.5) is 0 Å². The molecule has 3 rings (SSSR count). The highest BCUT2D eigenvalue weighted by atomic mass is 16.7. The molecule has 0 spiro atoms. The largest absolute Gasteiger partial charge is 0.507 e. The predicted molar refractivity (Wildman–Crippen MR) is 72.5 cm³/mol. The fraction of sp³-hybridized carbons (Fsp3) is 0.600. The molecule has 0 saturated carbocycles. The first kappa shape index (κ1) is 12.6. The standard InChI is InChI=1S/C15H21NO3/c1-2-11-4-3-5-16(8-11)9-12-6-14-15(7-13(12)17)19-10-18-14/h6-7,11,17H,2-5,8-10H2,1H3. The highest BCUT2D eigenvalue weighted by Crippen LogP contribution is 2.38. The summed E-state index contributed by atoms with van der Waals surface area (Å²) in [6.45, 7) is 5.54. The summed E-state index contributed by atoms with van der Waals surface area (Å²) in [5.41, 5.74) is 0.931. The third-order valence-corrected chi connectivity index (χ3v) is 4.15. The smallest absolute Gasteiger partial charge is 0.231 e. The third kappa shape index (κ3) is 2.63. The number of hydrogen-bond donors (Lipinski definition) is 1. The van der Waals surface area contributed by atoms with Gasteiger partial charge in [0.2, 0.25) is 6.79 Å². The zero-order valence-corrected chi connectivity index (χ0v) is 11.4. The Labute approximate surface area is 113 Å². The molecule has 1 atom stereocenters. The van der Waals surface area contributed by atoms with Crippen LogP contribution in [0.25, 0.3) is 0 Å². The van der Waals surface area contributed by atoms with Crippen molar-refractivity contribution in [3.63, 3.8) is 0 Å². The van der Waals surface area contributed by atoms with Gasteiger partial charge in [0.25, 0.3) is 0 Å². The van der Waals surface area contributed by atoms with E-state index >= 15 is 0 Å². The molecule has 1 unspecified atom stereocenters. The summed E-state index contributed by atoms with van der Waals surface area (Å²) in [7, 11) is 0. The zero-order valence-electron chi connectivity index (χ0n) is 11.4. The second kappa shape index (κ2) is 5.29. The molecular formula is C15H21NO3. The topological polar surface area (TPSA) is 41.9 Å². The first-order chi connectivity index (χ1) is 9.26. The van der Waals surface area contributed by atoms with E-state index in [-0.39, 0.29) is 6.79 Å². The lowest BCUT2D eigenvalue weighted by atomic mass is 9.95. The molecule has 0 amide bonds. The Morgan fingerprint density at radius 3 is 2.89 bits per heavy atom. The molecule has 0 radical (unpaired) electrons. The van der Waals surface area contributed by atoms with Crippen LogP contribution in [0.5, 0.6) is 17.2 Å². The van der Waals surface area contributed by atoms with Crippen LogP contribution in [0.15, 0.2) is 12.1 Å². The fourth-order valence-electron chi connectivity index (χ4n) is 2.97. The maximum absolute atomic E-state index is 10.1. The summed E-state index contributed by atoms with van der Waals surface area (Å²) >= 11 is 0. The van der Waals surface area contributed by atoms with Crippen molar-refractivity contribution >= 4 is 0 Å². The summed E-state index contributed by atoms with van der Waals surface area (Å²) in [4.78, 5) is 2.43. The number of nitrogens with zero attached hydrogens (tertiary/aromatic N) is 1. The molecule has 0 aliphatic carbocycles. The summed E-state index contributed by atoms with van der Waals surface area (Å²) in [5, 5.41) is 10.1. The third-order valence-electron chi connectivity index (χ3n) is 4.15. The normalized spacial score (nSPS) is 22.7. The average Bonchev–Trinajstić information content (AvgIpc) is 2.86. The lowest BCUT2D eigenvalue weighted by Crippen LogP contribution is -2.34. The number of hydrogen-bond acceptors (Lipinski definition) is 4. The highest BCUT2D eigenvalue weighted by molar-refractivity contribution is 5.51. The van der Waals surface area contributed by atoms with Crippen LogP contribution >= 0.6 is 0 Å². The highest BCUT2D eigenvalue weighted by Gasteiger charge is 2.22. The van der Waals surface area contributed by atoms with E-state index in [9.17, 15) is 5.11 Å². The van der Waals surface area contributed by atoms with E-state index in [0.717, 1.165) is 36.9 Å². The van der Waals surface area contributed by atoms with Crippen molar-refractivity contribution in [2.24, 2.45) is 5.92 Å². The molecule has 1 aromatic carbocycles. The molecular weight excluding hydrogens is 242 g/mol. The number of aromatic hydroxyl groups is 1. The van der Waals surface area contributed by atoms with Crippen LogP contribution in [0, 0.1) is 5.92 Å². The Morgan fingerprint density at radius 2 is 2.11 bits per heavy atom. The van der Waals surface area contributed by atoms with E-state index in [0.29, 0.717) is 11.5 Å². The van der Waals surface area contributed by atoms with Crippen molar-refractivity contribution in [3.05, 3.63) is 17.7 Å². The number of piperidine rings is 1. The van der Waals surface area contributed by atoms with E-state index in [2.05, 4.69) is 11.8 Å². The number of benzene rings is 1. The molecule has 1 N–H and O–H groups in total. The van der Waals surface area contributed by atoms with Crippen molar-refractivity contribution < 1.29 is 14.6 Å². The average molecular weight is 263 g/mol. The maximum Gasteiger partial charge on any atom is 0.231 e. The summed E-state index contributed by atoms with van der Waals surface area (Å²) in [5.74, 6) is 2.50. The van der Waals surface area contributed by atoms with Gasteiger partial charge in [0.1, 0.15) is 5.75 Å². The van der Waals surface area contributed by atoms with Crippen LogP contribution < -0.4 is 9.47 Å². The van der Waals surface area contributed by atoms with E-state index in [1.54, 1.807) is 6.07 Å². The van der Waals surface area contributed by atoms with Gasteiger partial charge in [0.15, 0.2) is 11.5 Å². The van der Waals surface area contributed by atoms with Crippen molar-refractivity contribution in [1.82, 2.24) is 4.90 Å². The molecule has 1 aromatic rings. The summed E-state index contributed by atoms with van der Waals surface area (Å²) in [6, 6.07) is 3.58. The number of ether oxygens (including phenoxy) is 2. The minimum absolute atomic E-state index is 0.250. The molecule has 0 aromatic heterocycles. The molecule has 19 heavy (non-hydrogen) atoms. The Bertz CT molecular complexity index is 461. The van der Waals surface area contributed by atoms with Crippen LogP contribution in [-0.4, -0.2) is 29.9 Å². The Kier molecular flexibility index (Phi) is 3.51. The molecule has 2 heterocycles.